The monoisotopic (exact) mass is 385 g/mol. The number of anilines is 2. The molecule has 0 aliphatic carbocycles. The molecule has 0 spiro atoms. The highest BCUT2D eigenvalue weighted by Gasteiger charge is 2.20. The minimum Gasteiger partial charge on any atom is -0.378 e. The molecular formula is C18H19N5O3S. The minimum absolute atomic E-state index is 0.0374. The van der Waals surface area contributed by atoms with E-state index >= 15 is 0 Å². The first-order valence-electron chi connectivity index (χ1n) is 8.63. The van der Waals surface area contributed by atoms with Crippen molar-refractivity contribution in [2.24, 2.45) is 0 Å². The lowest BCUT2D eigenvalue weighted by atomic mass is 10.1. The quantitative estimate of drug-likeness (QED) is 0.740. The van der Waals surface area contributed by atoms with Crippen LogP contribution >= 0.6 is 11.3 Å². The number of amides is 1. The fourth-order valence-corrected chi connectivity index (χ4v) is 3.74. The lowest BCUT2D eigenvalue weighted by molar-refractivity contribution is 0.102. The van der Waals surface area contributed by atoms with Gasteiger partial charge in [0.25, 0.3) is 11.5 Å². The average molecular weight is 385 g/mol. The van der Waals surface area contributed by atoms with Gasteiger partial charge in [0.05, 0.1) is 13.2 Å². The van der Waals surface area contributed by atoms with Crippen LogP contribution in [0.4, 0.5) is 10.8 Å². The average Bonchev–Trinajstić information content (AvgIpc) is 3.11. The Morgan fingerprint density at radius 3 is 2.74 bits per heavy atom. The third-order valence-electron chi connectivity index (χ3n) is 4.57. The van der Waals surface area contributed by atoms with Gasteiger partial charge in [-0.3, -0.25) is 9.59 Å². The third kappa shape index (κ3) is 3.43. The molecule has 9 heteroatoms. The number of aryl methyl sites for hydroxylation is 2. The molecule has 0 bridgehead atoms. The number of hydrogen-bond donors (Lipinski definition) is 1. The largest absolute Gasteiger partial charge is 0.378 e. The Kier molecular flexibility index (Phi) is 4.63. The van der Waals surface area contributed by atoms with Crippen LogP contribution in [-0.2, 0) is 4.74 Å². The molecule has 0 saturated carbocycles. The summed E-state index contributed by atoms with van der Waals surface area (Å²) in [4.78, 5) is 32.1. The number of nitrogens with one attached hydrogen (secondary N) is 1. The number of rotatable bonds is 3. The Hall–Kier alpha value is -2.78. The van der Waals surface area contributed by atoms with Crippen LogP contribution in [0.25, 0.3) is 4.96 Å². The van der Waals surface area contributed by atoms with Gasteiger partial charge >= 0.3 is 0 Å². The van der Waals surface area contributed by atoms with Crippen molar-refractivity contribution in [3.8, 4) is 0 Å². The summed E-state index contributed by atoms with van der Waals surface area (Å²) in [6.45, 7) is 6.66. The smallest absolute Gasteiger partial charge is 0.288 e. The first kappa shape index (κ1) is 17.6. The van der Waals surface area contributed by atoms with Crippen LogP contribution in [0.2, 0.25) is 0 Å². The van der Waals surface area contributed by atoms with Gasteiger partial charge < -0.3 is 15.0 Å². The van der Waals surface area contributed by atoms with Gasteiger partial charge in [-0.05, 0) is 37.1 Å². The number of hydrogen-bond acceptors (Lipinski definition) is 7. The topological polar surface area (TPSA) is 88.8 Å². The summed E-state index contributed by atoms with van der Waals surface area (Å²) in [6, 6.07) is 5.60. The lowest BCUT2D eigenvalue weighted by Crippen LogP contribution is -2.36. The summed E-state index contributed by atoms with van der Waals surface area (Å²) < 4.78 is 6.54. The number of morpholine rings is 1. The van der Waals surface area contributed by atoms with E-state index in [1.807, 2.05) is 32.0 Å². The summed E-state index contributed by atoms with van der Waals surface area (Å²) in [7, 11) is 0. The van der Waals surface area contributed by atoms with Gasteiger partial charge in [0.2, 0.25) is 10.1 Å². The maximum Gasteiger partial charge on any atom is 0.288 e. The number of carbonyl (C=O) groups is 1. The molecule has 3 aromatic rings. The molecule has 3 heterocycles. The highest BCUT2D eigenvalue weighted by molar-refractivity contribution is 7.20. The molecule has 1 N–H and O–H groups in total. The minimum atomic E-state index is -0.494. The van der Waals surface area contributed by atoms with E-state index in [0.717, 1.165) is 11.1 Å². The first-order chi connectivity index (χ1) is 13.0. The zero-order chi connectivity index (χ0) is 19.0. The molecule has 0 atom stereocenters. The van der Waals surface area contributed by atoms with Crippen molar-refractivity contribution < 1.29 is 9.53 Å². The third-order valence-corrected chi connectivity index (χ3v) is 5.55. The second kappa shape index (κ2) is 7.09. The fraction of sp³-hybridized carbons (Fsp3) is 0.333. The van der Waals surface area contributed by atoms with Crippen molar-refractivity contribution in [1.29, 1.82) is 0 Å². The normalized spacial score (nSPS) is 14.5. The van der Waals surface area contributed by atoms with Gasteiger partial charge in [-0.25, -0.2) is 4.98 Å². The van der Waals surface area contributed by atoms with E-state index in [2.05, 4.69) is 20.3 Å². The molecule has 1 saturated heterocycles. The predicted octanol–water partition coefficient (Wildman–Crippen LogP) is 1.86. The zero-order valence-corrected chi connectivity index (χ0v) is 15.9. The standard InChI is InChI=1S/C18H19N5O3S/c1-11-3-4-13(9-12(11)2)20-15(24)14-10-19-17-23(16(14)25)21-18(27-17)22-5-7-26-8-6-22/h3-4,9-10H,5-8H2,1-2H3,(H,20,24). The fourth-order valence-electron chi connectivity index (χ4n) is 2.83. The highest BCUT2D eigenvalue weighted by atomic mass is 32.1. The number of aromatic nitrogens is 3. The van der Waals surface area contributed by atoms with Gasteiger partial charge in [-0.1, -0.05) is 17.4 Å². The Balaban J connectivity index is 1.63. The molecule has 0 unspecified atom stereocenters. The van der Waals surface area contributed by atoms with Crippen LogP contribution < -0.4 is 15.8 Å². The van der Waals surface area contributed by atoms with E-state index in [1.54, 1.807) is 0 Å². The molecule has 2 aromatic heterocycles. The van der Waals surface area contributed by atoms with Gasteiger partial charge in [0, 0.05) is 25.0 Å². The summed E-state index contributed by atoms with van der Waals surface area (Å²) in [6.07, 6.45) is 1.31. The molecule has 27 heavy (non-hydrogen) atoms. The van der Waals surface area contributed by atoms with Crippen LogP contribution in [0.5, 0.6) is 0 Å². The molecule has 4 rings (SSSR count). The Morgan fingerprint density at radius 1 is 1.22 bits per heavy atom. The van der Waals surface area contributed by atoms with Gasteiger partial charge in [0.15, 0.2) is 0 Å². The molecule has 1 fully saturated rings. The summed E-state index contributed by atoms with van der Waals surface area (Å²) >= 11 is 1.33. The molecular weight excluding hydrogens is 366 g/mol. The van der Waals surface area contributed by atoms with Crippen LogP contribution in [0, 0.1) is 13.8 Å². The van der Waals surface area contributed by atoms with Crippen LogP contribution in [0.3, 0.4) is 0 Å². The maximum absolute atomic E-state index is 12.7. The van der Waals surface area contributed by atoms with E-state index < -0.39 is 11.5 Å². The lowest BCUT2D eigenvalue weighted by Gasteiger charge is -2.25. The summed E-state index contributed by atoms with van der Waals surface area (Å²) in [5.41, 5.74) is 2.32. The Morgan fingerprint density at radius 2 is 2.00 bits per heavy atom. The molecule has 1 aliphatic heterocycles. The Labute approximate surface area is 159 Å². The van der Waals surface area contributed by atoms with Gasteiger partial charge in [0.1, 0.15) is 5.56 Å². The number of benzene rings is 1. The van der Waals surface area contributed by atoms with Crippen molar-refractivity contribution in [3.63, 3.8) is 0 Å². The zero-order valence-electron chi connectivity index (χ0n) is 15.1. The molecule has 1 aliphatic rings. The number of nitrogens with zero attached hydrogens (tertiary/aromatic N) is 4. The van der Waals surface area contributed by atoms with Crippen LogP contribution in [0.15, 0.2) is 29.2 Å². The molecule has 0 radical (unpaired) electrons. The SMILES string of the molecule is Cc1ccc(NC(=O)c2cnc3sc(N4CCOCC4)nn3c2=O)cc1C. The van der Waals surface area contributed by atoms with E-state index in [1.165, 1.54) is 22.0 Å². The van der Waals surface area contributed by atoms with E-state index in [-0.39, 0.29) is 5.56 Å². The van der Waals surface area contributed by atoms with Gasteiger partial charge in [-0.15, -0.1) is 5.10 Å². The predicted molar refractivity (Wildman–Crippen MR) is 104 cm³/mol. The van der Waals surface area contributed by atoms with E-state index in [4.69, 9.17) is 4.74 Å². The second-order valence-corrected chi connectivity index (χ2v) is 7.34. The molecule has 1 amide bonds. The summed E-state index contributed by atoms with van der Waals surface area (Å²) in [5.74, 6) is -0.494. The molecule has 140 valence electrons. The van der Waals surface area contributed by atoms with Crippen molar-refractivity contribution in [2.45, 2.75) is 13.8 Å². The van der Waals surface area contributed by atoms with Crippen LogP contribution in [0.1, 0.15) is 21.5 Å². The highest BCUT2D eigenvalue weighted by Crippen LogP contribution is 2.22. The van der Waals surface area contributed by atoms with Crippen molar-refractivity contribution >= 4 is 33.0 Å². The molecule has 1 aromatic carbocycles. The maximum atomic E-state index is 12.7. The van der Waals surface area contributed by atoms with Gasteiger partial charge in [-0.2, -0.15) is 4.52 Å². The first-order valence-corrected chi connectivity index (χ1v) is 9.45. The summed E-state index contributed by atoms with van der Waals surface area (Å²) in [5, 5.41) is 7.82. The number of ether oxygens (including phenoxy) is 1. The van der Waals surface area contributed by atoms with Crippen molar-refractivity contribution in [3.05, 3.63) is 51.4 Å². The second-order valence-electron chi connectivity index (χ2n) is 6.41. The van der Waals surface area contributed by atoms with Crippen molar-refractivity contribution in [1.82, 2.24) is 14.6 Å². The van der Waals surface area contributed by atoms with E-state index in [9.17, 15) is 9.59 Å². The number of fused-ring (bicyclic) bond motifs is 1. The van der Waals surface area contributed by atoms with E-state index in [0.29, 0.717) is 42.1 Å². The number of carbonyl (C=O) groups excluding carboxylic acids is 1. The van der Waals surface area contributed by atoms with Crippen molar-refractivity contribution in [2.75, 3.05) is 36.5 Å². The molecule has 8 nitrogen and oxygen atoms in total. The van der Waals surface area contributed by atoms with Crippen LogP contribution in [-0.4, -0.2) is 46.8 Å². The Bertz CT molecular complexity index is 1070.